The first kappa shape index (κ1) is 40.5. The molecule has 0 amide bonds. The van der Waals surface area contributed by atoms with Crippen LogP contribution in [-0.2, 0) is 0 Å². The number of nitrogens with zero attached hydrogens (tertiary/aromatic N) is 2. The van der Waals surface area contributed by atoms with Crippen LogP contribution >= 0.6 is 0 Å². The third kappa shape index (κ3) is 8.21. The topological polar surface area (TPSA) is 8.17 Å². The second-order valence-electron chi connectivity index (χ2n) is 14.6. The predicted molar refractivity (Wildman–Crippen MR) is 255 cm³/mol. The van der Waals surface area contributed by atoms with E-state index < -0.39 is 13.3 Å². The number of hydrogen-bond acceptors (Lipinski definition) is 1. The summed E-state index contributed by atoms with van der Waals surface area (Å²) >= 11 is -3.45. The van der Waals surface area contributed by atoms with Crippen LogP contribution in [0.25, 0.3) is 27.5 Å². The van der Waals surface area contributed by atoms with Gasteiger partial charge in [0.25, 0.3) is 0 Å². The second kappa shape index (κ2) is 18.3. The van der Waals surface area contributed by atoms with Crippen molar-refractivity contribution in [3.8, 4) is 5.69 Å². The van der Waals surface area contributed by atoms with Crippen molar-refractivity contribution in [2.45, 2.75) is 19.8 Å². The van der Waals surface area contributed by atoms with Gasteiger partial charge < -0.3 is 4.57 Å². The van der Waals surface area contributed by atoms with Gasteiger partial charge in [-0.1, -0.05) is 24.3 Å². The van der Waals surface area contributed by atoms with Crippen molar-refractivity contribution >= 4 is 53.9 Å². The molecule has 2 nitrogen and oxygen atoms in total. The fourth-order valence-electron chi connectivity index (χ4n) is 8.04. The van der Waals surface area contributed by atoms with Gasteiger partial charge in [-0.2, -0.15) is 0 Å². The van der Waals surface area contributed by atoms with Crippen molar-refractivity contribution in [2.24, 2.45) is 0 Å². The summed E-state index contributed by atoms with van der Waals surface area (Å²) in [6.45, 7) is 24.6. The molecule has 0 radical (unpaired) electrons. The third-order valence-corrected chi connectivity index (χ3v) is 20.9. The molecule has 0 saturated heterocycles. The molecule has 0 aliphatic carbocycles. The zero-order valence-corrected chi connectivity index (χ0v) is 35.8. The Morgan fingerprint density at radius 1 is 0.644 bits per heavy atom. The van der Waals surface area contributed by atoms with E-state index >= 15 is 0 Å². The molecule has 4 heteroatoms. The van der Waals surface area contributed by atoms with Gasteiger partial charge in [-0.05, 0) is 37.3 Å². The Kier molecular flexibility index (Phi) is 12.5. The Hall–Kier alpha value is -6.69. The van der Waals surface area contributed by atoms with Crippen LogP contribution in [0.2, 0.25) is 0 Å². The minimum absolute atomic E-state index is 0.262. The van der Waals surface area contributed by atoms with Crippen molar-refractivity contribution in [2.75, 3.05) is 4.90 Å². The summed E-state index contributed by atoms with van der Waals surface area (Å²) in [7, 11) is 0. The fourth-order valence-corrected chi connectivity index (χ4v) is 17.5. The minimum atomic E-state index is -3.45. The molecular formula is C55H49FGeN2. The average Bonchev–Trinajstić information content (AvgIpc) is 3.61. The molecule has 0 fully saturated rings. The normalized spacial score (nSPS) is 12.0. The van der Waals surface area contributed by atoms with E-state index in [9.17, 15) is 4.39 Å². The summed E-state index contributed by atoms with van der Waals surface area (Å²) in [6.07, 6.45) is 13.5. The number of para-hydroxylation sites is 1. The first-order valence-electron chi connectivity index (χ1n) is 19.9. The average molecular weight is 830 g/mol. The predicted octanol–water partition coefficient (Wildman–Crippen LogP) is 12.6. The molecule has 0 unspecified atom stereocenters. The van der Waals surface area contributed by atoms with Crippen molar-refractivity contribution in [3.05, 3.63) is 260 Å². The first-order chi connectivity index (χ1) is 28.8. The molecule has 6 aromatic carbocycles. The van der Waals surface area contributed by atoms with Crippen LogP contribution in [0.3, 0.4) is 0 Å². The number of allylic oxidation sites excluding steroid dienone is 10. The molecule has 0 bridgehead atoms. The number of rotatable bonds is 16. The van der Waals surface area contributed by atoms with Crippen LogP contribution < -0.4 is 18.1 Å². The maximum Gasteiger partial charge on any atom is 0.123 e. The van der Waals surface area contributed by atoms with Gasteiger partial charge in [-0.3, -0.25) is 0 Å². The molecule has 0 atom stereocenters. The van der Waals surface area contributed by atoms with Crippen LogP contribution in [-0.4, -0.2) is 17.8 Å². The standard InChI is InChI=1S/C55H49FGeN2/c1-7-9-27-49(8-2)58(51-38-39-55-53(40-51)52-28-19-20-29-54(52)59(55)50-36-34-45(56)35-37-50)44(6)33-31-42(4)41(3)30-32-43(5)57(46-21-13-10-14-22-46,47-23-15-11-16-24-47)48-25-17-12-18-26-48/h7-30,32,34-40H,2-6,31,33H2,1H3/b9-7+,32-30-,49-27+. The molecule has 0 saturated carbocycles. The Morgan fingerprint density at radius 3 is 1.78 bits per heavy atom. The SMILES string of the molecule is C=C/C(=C\C=C\C)N(C(=C)CCC(=C)C(=C)/C=C\[C](=C)[Ge]([c]1ccccc1)([c]1ccccc1)[c]1ccccc1)c1ccc2c(c1)c1ccccc1n2-c1ccc(F)cc1. The number of aromatic nitrogens is 1. The van der Waals surface area contributed by atoms with Gasteiger partial charge in [0.05, 0.1) is 11.0 Å². The Balaban J connectivity index is 1.17. The zero-order chi connectivity index (χ0) is 41.4. The number of fused-ring (bicyclic) bond motifs is 3. The van der Waals surface area contributed by atoms with Crippen LogP contribution in [0.1, 0.15) is 19.8 Å². The van der Waals surface area contributed by atoms with Gasteiger partial charge in [0.1, 0.15) is 5.82 Å². The molecule has 7 rings (SSSR count). The van der Waals surface area contributed by atoms with Gasteiger partial charge in [-0.25, -0.2) is 4.39 Å². The second-order valence-corrected chi connectivity index (χ2v) is 22.7. The van der Waals surface area contributed by atoms with Crippen LogP contribution in [0, 0.1) is 5.82 Å². The molecule has 7 aromatic rings. The fraction of sp³-hybridized carbons (Fsp3) is 0.0545. The van der Waals surface area contributed by atoms with E-state index in [1.165, 1.54) is 25.3 Å². The summed E-state index contributed by atoms with van der Waals surface area (Å²) in [6, 6.07) is 54.0. The summed E-state index contributed by atoms with van der Waals surface area (Å²) in [5.41, 5.74) is 7.54. The van der Waals surface area contributed by atoms with Gasteiger partial charge in [0.15, 0.2) is 0 Å². The Bertz CT molecular complexity index is 2650. The van der Waals surface area contributed by atoms with Crippen LogP contribution in [0.4, 0.5) is 10.1 Å². The largest absolute Gasteiger partial charge is 0.309 e. The number of hydrogen-bond donors (Lipinski definition) is 0. The molecule has 0 N–H and O–H groups in total. The molecule has 1 aromatic heterocycles. The number of benzene rings is 6. The van der Waals surface area contributed by atoms with Crippen molar-refractivity contribution < 1.29 is 4.39 Å². The monoisotopic (exact) mass is 830 g/mol. The minimum Gasteiger partial charge on any atom is -0.309 e. The van der Waals surface area contributed by atoms with Gasteiger partial charge in [0.2, 0.25) is 0 Å². The van der Waals surface area contributed by atoms with Crippen LogP contribution in [0.15, 0.2) is 254 Å². The van der Waals surface area contributed by atoms with E-state index in [4.69, 9.17) is 6.58 Å². The summed E-state index contributed by atoms with van der Waals surface area (Å²) in [5, 5.41) is 2.19. The molecule has 290 valence electrons. The van der Waals surface area contributed by atoms with E-state index in [0.29, 0.717) is 12.8 Å². The van der Waals surface area contributed by atoms with Gasteiger partial charge in [0, 0.05) is 11.1 Å². The first-order valence-corrected chi connectivity index (χ1v) is 24.1. The molecule has 1 heterocycles. The molecule has 0 spiro atoms. The summed E-state index contributed by atoms with van der Waals surface area (Å²) in [4.78, 5) is 2.17. The third-order valence-electron chi connectivity index (χ3n) is 11.0. The van der Waals surface area contributed by atoms with Crippen molar-refractivity contribution in [1.29, 1.82) is 0 Å². The van der Waals surface area contributed by atoms with Crippen molar-refractivity contribution in [3.63, 3.8) is 0 Å². The van der Waals surface area contributed by atoms with E-state index in [2.05, 4.69) is 181 Å². The van der Waals surface area contributed by atoms with E-state index in [0.717, 1.165) is 60.1 Å². The smallest absolute Gasteiger partial charge is 0.123 e. The molecule has 59 heavy (non-hydrogen) atoms. The van der Waals surface area contributed by atoms with E-state index in [1.54, 1.807) is 0 Å². The maximum absolute atomic E-state index is 14.0. The number of halogens is 1. The van der Waals surface area contributed by atoms with Crippen molar-refractivity contribution in [1.82, 2.24) is 4.57 Å². The summed E-state index contributed by atoms with van der Waals surface area (Å²) < 4.78 is 21.2. The maximum atomic E-state index is 14.0. The van der Waals surface area contributed by atoms with E-state index in [-0.39, 0.29) is 5.82 Å². The van der Waals surface area contributed by atoms with Gasteiger partial charge >= 0.3 is 255 Å². The molecule has 0 aliphatic heterocycles. The molecule has 0 aliphatic rings. The zero-order valence-electron chi connectivity index (χ0n) is 33.7. The van der Waals surface area contributed by atoms with E-state index in [1.807, 2.05) is 43.4 Å². The Labute approximate surface area is 351 Å². The van der Waals surface area contributed by atoms with Crippen LogP contribution in [0.5, 0.6) is 0 Å². The summed E-state index contributed by atoms with van der Waals surface area (Å²) in [5.74, 6) is -0.262. The Morgan fingerprint density at radius 2 is 1.20 bits per heavy atom. The number of anilines is 1. The van der Waals surface area contributed by atoms with Gasteiger partial charge in [-0.15, -0.1) is 0 Å². The quantitative estimate of drug-likeness (QED) is 0.0696. The molecular weight excluding hydrogens is 780 g/mol.